The number of aromatic nitrogens is 1. The number of aliphatic carboxylic acids is 1. The second-order valence-corrected chi connectivity index (χ2v) is 9.12. The van der Waals surface area contributed by atoms with Crippen LogP contribution in [0.4, 0.5) is 15.2 Å². The van der Waals surface area contributed by atoms with Gasteiger partial charge in [-0.2, -0.15) is 0 Å². The fraction of sp³-hybridized carbons (Fsp3) is 0.192. The molecule has 0 aliphatic rings. The zero-order valence-corrected chi connectivity index (χ0v) is 19.5. The standard InChI is InChI=1S/C26H24FN3O3S/c1-3-15(2)23(25(32)33)30-24(31)18-6-4-16(5-7-18)17-8-11-20(12-9-17)28-26-29-21-13-10-19(27)14-22(21)34-26/h4-15,23H,3H2,1-2H3,(H,28,29)(H,30,31)(H,32,33)/t15?,23-/m0/s1. The van der Waals surface area contributed by atoms with Crippen LogP contribution in [-0.2, 0) is 4.79 Å². The molecule has 6 nitrogen and oxygen atoms in total. The maximum absolute atomic E-state index is 13.4. The van der Waals surface area contributed by atoms with Gasteiger partial charge in [0.2, 0.25) is 0 Å². The van der Waals surface area contributed by atoms with Gasteiger partial charge in [0.25, 0.3) is 5.91 Å². The van der Waals surface area contributed by atoms with E-state index in [1.54, 1.807) is 25.1 Å². The molecule has 1 aromatic heterocycles. The SMILES string of the molecule is CCC(C)[C@H](NC(=O)c1ccc(-c2ccc(Nc3nc4ccc(F)cc4s3)cc2)cc1)C(=O)O. The third-order valence-corrected chi connectivity index (χ3v) is 6.67. The Hall–Kier alpha value is -3.78. The number of benzene rings is 3. The number of hydrogen-bond donors (Lipinski definition) is 3. The molecular weight excluding hydrogens is 453 g/mol. The van der Waals surface area contributed by atoms with Gasteiger partial charge in [-0.15, -0.1) is 0 Å². The summed E-state index contributed by atoms with van der Waals surface area (Å²) in [5, 5.41) is 15.9. The molecule has 174 valence electrons. The minimum Gasteiger partial charge on any atom is -0.480 e. The van der Waals surface area contributed by atoms with E-state index in [1.807, 2.05) is 43.3 Å². The third-order valence-electron chi connectivity index (χ3n) is 5.73. The second-order valence-electron chi connectivity index (χ2n) is 8.09. The third kappa shape index (κ3) is 5.23. The summed E-state index contributed by atoms with van der Waals surface area (Å²) < 4.78 is 14.2. The van der Waals surface area contributed by atoms with Gasteiger partial charge in [0.1, 0.15) is 11.9 Å². The van der Waals surface area contributed by atoms with Crippen LogP contribution in [0.25, 0.3) is 21.3 Å². The molecule has 8 heteroatoms. The van der Waals surface area contributed by atoms with E-state index in [2.05, 4.69) is 15.6 Å². The molecule has 0 bridgehead atoms. The number of rotatable bonds is 8. The average molecular weight is 478 g/mol. The highest BCUT2D eigenvalue weighted by Crippen LogP contribution is 2.30. The highest BCUT2D eigenvalue weighted by molar-refractivity contribution is 7.22. The molecule has 34 heavy (non-hydrogen) atoms. The van der Waals surface area contributed by atoms with Crippen LogP contribution in [0.2, 0.25) is 0 Å². The number of carbonyl (C=O) groups excluding carboxylic acids is 1. The Morgan fingerprint density at radius 3 is 2.29 bits per heavy atom. The number of amides is 1. The predicted molar refractivity (Wildman–Crippen MR) is 133 cm³/mol. The average Bonchev–Trinajstić information content (AvgIpc) is 3.23. The van der Waals surface area contributed by atoms with Gasteiger partial charge in [-0.05, 0) is 59.5 Å². The number of thiazole rings is 1. The monoisotopic (exact) mass is 477 g/mol. The highest BCUT2D eigenvalue weighted by Gasteiger charge is 2.25. The van der Waals surface area contributed by atoms with Crippen molar-refractivity contribution in [2.24, 2.45) is 5.92 Å². The van der Waals surface area contributed by atoms with E-state index in [1.165, 1.54) is 23.5 Å². The van der Waals surface area contributed by atoms with Crippen LogP contribution in [0, 0.1) is 11.7 Å². The molecule has 0 fully saturated rings. The largest absolute Gasteiger partial charge is 0.480 e. The van der Waals surface area contributed by atoms with Crippen LogP contribution in [0.1, 0.15) is 30.6 Å². The summed E-state index contributed by atoms with van der Waals surface area (Å²) in [5.41, 5.74) is 3.89. The van der Waals surface area contributed by atoms with Crippen molar-refractivity contribution in [3.05, 3.63) is 78.1 Å². The maximum Gasteiger partial charge on any atom is 0.326 e. The number of fused-ring (bicyclic) bond motifs is 1. The highest BCUT2D eigenvalue weighted by atomic mass is 32.1. The summed E-state index contributed by atoms with van der Waals surface area (Å²) in [6, 6.07) is 18.4. The molecule has 0 saturated heterocycles. The van der Waals surface area contributed by atoms with Gasteiger partial charge in [0.15, 0.2) is 5.13 Å². The van der Waals surface area contributed by atoms with E-state index in [4.69, 9.17) is 0 Å². The molecule has 0 saturated carbocycles. The lowest BCUT2D eigenvalue weighted by molar-refractivity contribution is -0.140. The van der Waals surface area contributed by atoms with E-state index >= 15 is 0 Å². The summed E-state index contributed by atoms with van der Waals surface area (Å²) >= 11 is 1.38. The molecule has 3 N–H and O–H groups in total. The minimum absolute atomic E-state index is 0.170. The van der Waals surface area contributed by atoms with Crippen LogP contribution >= 0.6 is 11.3 Å². The first-order valence-corrected chi connectivity index (χ1v) is 11.7. The van der Waals surface area contributed by atoms with Crippen molar-refractivity contribution >= 4 is 44.2 Å². The molecule has 1 heterocycles. The van der Waals surface area contributed by atoms with Crippen LogP contribution in [0.3, 0.4) is 0 Å². The second kappa shape index (κ2) is 10.0. The van der Waals surface area contributed by atoms with E-state index in [0.29, 0.717) is 17.1 Å². The van der Waals surface area contributed by atoms with Crippen LogP contribution in [0.5, 0.6) is 0 Å². The number of nitrogens with one attached hydrogen (secondary N) is 2. The number of hydrogen-bond acceptors (Lipinski definition) is 5. The topological polar surface area (TPSA) is 91.3 Å². The molecule has 0 spiro atoms. The van der Waals surface area contributed by atoms with Gasteiger partial charge >= 0.3 is 5.97 Å². The molecule has 4 rings (SSSR count). The summed E-state index contributed by atoms with van der Waals surface area (Å²) in [5.74, 6) is -1.90. The number of halogens is 1. The molecule has 0 aliphatic carbocycles. The lowest BCUT2D eigenvalue weighted by Crippen LogP contribution is -2.45. The Kier molecular flexibility index (Phi) is 6.88. The molecule has 1 amide bonds. The Bertz CT molecular complexity index is 1320. The van der Waals surface area contributed by atoms with Crippen molar-refractivity contribution in [3.8, 4) is 11.1 Å². The zero-order chi connectivity index (χ0) is 24.2. The smallest absolute Gasteiger partial charge is 0.326 e. The summed E-state index contributed by atoms with van der Waals surface area (Å²) in [6.07, 6.45) is 0.651. The lowest BCUT2D eigenvalue weighted by Gasteiger charge is -2.20. The zero-order valence-electron chi connectivity index (χ0n) is 18.7. The quantitative estimate of drug-likeness (QED) is 0.286. The van der Waals surface area contributed by atoms with Crippen LogP contribution in [0.15, 0.2) is 66.7 Å². The first-order chi connectivity index (χ1) is 16.3. The van der Waals surface area contributed by atoms with Crippen molar-refractivity contribution in [1.82, 2.24) is 10.3 Å². The number of nitrogens with zero attached hydrogens (tertiary/aromatic N) is 1. The molecule has 0 radical (unpaired) electrons. The fourth-order valence-corrected chi connectivity index (χ4v) is 4.45. The van der Waals surface area contributed by atoms with Gasteiger partial charge < -0.3 is 15.7 Å². The minimum atomic E-state index is -1.04. The maximum atomic E-state index is 13.4. The van der Waals surface area contributed by atoms with Gasteiger partial charge in [-0.1, -0.05) is 55.9 Å². The van der Waals surface area contributed by atoms with Gasteiger partial charge in [-0.3, -0.25) is 4.79 Å². The number of carboxylic acid groups (broad SMARTS) is 1. The number of anilines is 2. The van der Waals surface area contributed by atoms with Crippen molar-refractivity contribution in [2.75, 3.05) is 5.32 Å². The van der Waals surface area contributed by atoms with E-state index in [0.717, 1.165) is 27.0 Å². The number of carbonyl (C=O) groups is 2. The molecule has 4 aromatic rings. The Morgan fingerprint density at radius 2 is 1.68 bits per heavy atom. The van der Waals surface area contributed by atoms with E-state index in [-0.39, 0.29) is 11.7 Å². The van der Waals surface area contributed by atoms with Crippen molar-refractivity contribution in [2.45, 2.75) is 26.3 Å². The normalized spacial score (nSPS) is 12.8. The van der Waals surface area contributed by atoms with E-state index < -0.39 is 17.9 Å². The molecule has 2 atom stereocenters. The predicted octanol–water partition coefficient (Wildman–Crippen LogP) is 6.08. The first-order valence-electron chi connectivity index (χ1n) is 10.9. The van der Waals surface area contributed by atoms with Gasteiger partial charge in [0.05, 0.1) is 10.2 Å². The molecular formula is C26H24FN3O3S. The Labute approximate surface area is 200 Å². The van der Waals surface area contributed by atoms with Crippen molar-refractivity contribution in [1.29, 1.82) is 0 Å². The Morgan fingerprint density at radius 1 is 1.03 bits per heavy atom. The van der Waals surface area contributed by atoms with Crippen LogP contribution in [-0.4, -0.2) is 28.0 Å². The van der Waals surface area contributed by atoms with Crippen molar-refractivity contribution in [3.63, 3.8) is 0 Å². The molecule has 0 aliphatic heterocycles. The summed E-state index contributed by atoms with van der Waals surface area (Å²) in [7, 11) is 0. The Balaban J connectivity index is 1.43. The van der Waals surface area contributed by atoms with Gasteiger partial charge in [-0.25, -0.2) is 14.2 Å². The molecule has 3 aromatic carbocycles. The van der Waals surface area contributed by atoms with Crippen LogP contribution < -0.4 is 10.6 Å². The summed E-state index contributed by atoms with van der Waals surface area (Å²) in [4.78, 5) is 28.5. The van der Waals surface area contributed by atoms with Gasteiger partial charge in [0, 0.05) is 11.3 Å². The molecule has 1 unspecified atom stereocenters. The van der Waals surface area contributed by atoms with E-state index in [9.17, 15) is 19.1 Å². The van der Waals surface area contributed by atoms with Crippen molar-refractivity contribution < 1.29 is 19.1 Å². The first kappa shape index (κ1) is 23.4. The summed E-state index contributed by atoms with van der Waals surface area (Å²) in [6.45, 7) is 3.69. The fourth-order valence-electron chi connectivity index (χ4n) is 3.54. The number of carboxylic acids is 1. The lowest BCUT2D eigenvalue weighted by atomic mass is 9.98.